The van der Waals surface area contributed by atoms with Crippen molar-refractivity contribution in [2.24, 2.45) is 0 Å². The molecule has 2 rings (SSSR count). The molecule has 0 spiro atoms. The Kier molecular flexibility index (Phi) is 2.70. The van der Waals surface area contributed by atoms with Crippen LogP contribution < -0.4 is 0 Å². The lowest BCUT2D eigenvalue weighted by atomic mass is 9.95. The van der Waals surface area contributed by atoms with E-state index in [0.29, 0.717) is 0 Å². The molecule has 1 aromatic carbocycles. The molecule has 1 aromatic rings. The monoisotopic (exact) mass is 284 g/mol. The third kappa shape index (κ3) is 2.15. The van der Waals surface area contributed by atoms with E-state index in [1.54, 1.807) is 0 Å². The Balaban J connectivity index is 2.49. The van der Waals surface area contributed by atoms with Crippen LogP contribution in [0.15, 0.2) is 29.2 Å². The Morgan fingerprint density at radius 1 is 1.24 bits per heavy atom. The van der Waals surface area contributed by atoms with Crippen molar-refractivity contribution in [3.05, 3.63) is 29.8 Å². The minimum Gasteiger partial charge on any atom is -0.207 e. The van der Waals surface area contributed by atoms with E-state index in [9.17, 15) is 21.6 Å². The summed E-state index contributed by atoms with van der Waals surface area (Å²) in [5, 5.41) is 0. The zero-order valence-electron chi connectivity index (χ0n) is 8.46. The minimum atomic E-state index is -4.36. The fourth-order valence-corrected chi connectivity index (χ4v) is 2.60. The van der Waals surface area contributed by atoms with Crippen LogP contribution in [0.25, 0.3) is 0 Å². The van der Waals surface area contributed by atoms with E-state index >= 15 is 0 Å². The third-order valence-corrected chi connectivity index (χ3v) is 4.31. The van der Waals surface area contributed by atoms with Gasteiger partial charge in [-0.1, -0.05) is 12.1 Å². The maximum Gasteiger partial charge on any atom is 0.398 e. The van der Waals surface area contributed by atoms with Gasteiger partial charge in [0.25, 0.3) is 9.05 Å². The number of benzene rings is 1. The second-order valence-corrected chi connectivity index (χ2v) is 6.61. The maximum atomic E-state index is 12.8. The summed E-state index contributed by atoms with van der Waals surface area (Å²) in [4.78, 5) is -0.299. The second-order valence-electron chi connectivity index (χ2n) is 4.05. The van der Waals surface area contributed by atoms with Crippen molar-refractivity contribution in [1.29, 1.82) is 0 Å². The highest BCUT2D eigenvalue weighted by Crippen LogP contribution is 2.59. The number of hydrogen-bond acceptors (Lipinski definition) is 2. The van der Waals surface area contributed by atoms with Crippen LogP contribution in [0.1, 0.15) is 18.4 Å². The van der Waals surface area contributed by atoms with Gasteiger partial charge < -0.3 is 0 Å². The summed E-state index contributed by atoms with van der Waals surface area (Å²) < 4.78 is 60.6. The molecule has 0 atom stereocenters. The molecule has 17 heavy (non-hydrogen) atoms. The summed E-state index contributed by atoms with van der Waals surface area (Å²) in [6.07, 6.45) is -4.38. The average molecular weight is 285 g/mol. The van der Waals surface area contributed by atoms with E-state index in [0.717, 1.165) is 6.07 Å². The van der Waals surface area contributed by atoms with Gasteiger partial charge in [0, 0.05) is 10.7 Å². The van der Waals surface area contributed by atoms with Crippen LogP contribution in [0.5, 0.6) is 0 Å². The van der Waals surface area contributed by atoms with E-state index in [2.05, 4.69) is 0 Å². The summed E-state index contributed by atoms with van der Waals surface area (Å²) >= 11 is 0. The minimum absolute atomic E-state index is 0.0116. The summed E-state index contributed by atoms with van der Waals surface area (Å²) in [5.41, 5.74) is -1.92. The van der Waals surface area contributed by atoms with E-state index in [4.69, 9.17) is 10.7 Å². The molecule has 0 heterocycles. The molecule has 1 saturated carbocycles. The highest BCUT2D eigenvalue weighted by molar-refractivity contribution is 8.13. The molecule has 1 aliphatic rings. The molecule has 7 heteroatoms. The molecule has 0 aliphatic heterocycles. The Labute approximate surface area is 101 Å². The molecule has 0 amide bonds. The lowest BCUT2D eigenvalue weighted by Gasteiger charge is -2.19. The first-order chi connectivity index (χ1) is 7.67. The van der Waals surface area contributed by atoms with Crippen LogP contribution >= 0.6 is 10.7 Å². The van der Waals surface area contributed by atoms with Gasteiger partial charge in [0.2, 0.25) is 0 Å². The fraction of sp³-hybridized carbons (Fsp3) is 0.400. The predicted octanol–water partition coefficient (Wildman–Crippen LogP) is 3.21. The molecule has 94 valence electrons. The van der Waals surface area contributed by atoms with Gasteiger partial charge in [-0.25, -0.2) is 8.42 Å². The second kappa shape index (κ2) is 3.62. The van der Waals surface area contributed by atoms with Crippen molar-refractivity contribution in [3.8, 4) is 0 Å². The van der Waals surface area contributed by atoms with Gasteiger partial charge in [0.05, 0.1) is 10.3 Å². The van der Waals surface area contributed by atoms with Crippen molar-refractivity contribution in [2.45, 2.75) is 29.3 Å². The summed E-state index contributed by atoms with van der Waals surface area (Å²) in [5.74, 6) is 0. The lowest BCUT2D eigenvalue weighted by Crippen LogP contribution is -2.28. The van der Waals surface area contributed by atoms with Crippen molar-refractivity contribution < 1.29 is 21.6 Å². The molecule has 0 unspecified atom stereocenters. The summed E-state index contributed by atoms with van der Waals surface area (Å²) in [6.45, 7) is 0. The topological polar surface area (TPSA) is 34.1 Å². The highest BCUT2D eigenvalue weighted by Gasteiger charge is 2.64. The Hall–Kier alpha value is -0.750. The number of rotatable bonds is 2. The maximum absolute atomic E-state index is 12.8. The molecule has 0 bridgehead atoms. The zero-order valence-corrected chi connectivity index (χ0v) is 10.0. The van der Waals surface area contributed by atoms with Gasteiger partial charge >= 0.3 is 6.18 Å². The van der Waals surface area contributed by atoms with Gasteiger partial charge in [0.15, 0.2) is 0 Å². The van der Waals surface area contributed by atoms with Crippen LogP contribution in [0, 0.1) is 0 Å². The van der Waals surface area contributed by atoms with Crippen LogP contribution in [0.2, 0.25) is 0 Å². The van der Waals surface area contributed by atoms with E-state index in [-0.39, 0.29) is 23.3 Å². The number of halogens is 4. The van der Waals surface area contributed by atoms with Crippen LogP contribution in [0.3, 0.4) is 0 Å². The molecule has 1 aliphatic carbocycles. The Morgan fingerprint density at radius 3 is 2.24 bits per heavy atom. The van der Waals surface area contributed by atoms with Crippen molar-refractivity contribution in [2.75, 3.05) is 0 Å². The first-order valence-corrected chi connectivity index (χ1v) is 7.10. The SMILES string of the molecule is O=S(=O)(Cl)c1cccc(C2(C(F)(F)F)CC2)c1. The van der Waals surface area contributed by atoms with Crippen molar-refractivity contribution in [1.82, 2.24) is 0 Å². The first kappa shape index (κ1) is 12.7. The molecule has 0 N–H and O–H groups in total. The van der Waals surface area contributed by atoms with Crippen molar-refractivity contribution in [3.63, 3.8) is 0 Å². The van der Waals surface area contributed by atoms with Gasteiger partial charge in [0.1, 0.15) is 0 Å². The quantitative estimate of drug-likeness (QED) is 0.782. The predicted molar refractivity (Wildman–Crippen MR) is 56.4 cm³/mol. The standard InChI is InChI=1S/C10H8ClF3O2S/c11-17(15,16)8-3-1-2-7(6-8)9(4-5-9)10(12,13)14/h1-3,6H,4-5H2. The van der Waals surface area contributed by atoms with E-state index in [1.165, 1.54) is 18.2 Å². The van der Waals surface area contributed by atoms with Crippen molar-refractivity contribution >= 4 is 19.7 Å². The number of alkyl halides is 3. The van der Waals surface area contributed by atoms with Gasteiger partial charge in [-0.3, -0.25) is 0 Å². The van der Waals surface area contributed by atoms with Crippen LogP contribution in [0.4, 0.5) is 13.2 Å². The Bertz CT molecular complexity index is 547. The fourth-order valence-electron chi connectivity index (χ4n) is 1.81. The third-order valence-electron chi connectivity index (χ3n) is 2.96. The molecular formula is C10H8ClF3O2S. The van der Waals surface area contributed by atoms with Gasteiger partial charge in [-0.15, -0.1) is 0 Å². The summed E-state index contributed by atoms with van der Waals surface area (Å²) in [6, 6.07) is 4.74. The first-order valence-electron chi connectivity index (χ1n) is 4.79. The molecule has 0 radical (unpaired) electrons. The van der Waals surface area contributed by atoms with Crippen LogP contribution in [-0.2, 0) is 14.5 Å². The summed E-state index contributed by atoms with van der Waals surface area (Å²) in [7, 11) is 1.11. The van der Waals surface area contributed by atoms with Crippen LogP contribution in [-0.4, -0.2) is 14.6 Å². The molecule has 1 fully saturated rings. The number of hydrogen-bond donors (Lipinski definition) is 0. The normalized spacial score (nSPS) is 19.1. The average Bonchev–Trinajstić information content (AvgIpc) is 2.96. The Morgan fingerprint density at radius 2 is 1.82 bits per heavy atom. The van der Waals surface area contributed by atoms with E-state index < -0.39 is 20.6 Å². The smallest absolute Gasteiger partial charge is 0.207 e. The molecule has 2 nitrogen and oxygen atoms in total. The molecule has 0 aromatic heterocycles. The highest BCUT2D eigenvalue weighted by atomic mass is 35.7. The molecule has 0 saturated heterocycles. The molecular weight excluding hydrogens is 277 g/mol. The lowest BCUT2D eigenvalue weighted by molar-refractivity contribution is -0.160. The zero-order chi connectivity index (χ0) is 12.9. The largest absolute Gasteiger partial charge is 0.398 e. The van der Waals surface area contributed by atoms with Gasteiger partial charge in [-0.05, 0) is 30.5 Å². The van der Waals surface area contributed by atoms with E-state index in [1.807, 2.05) is 0 Å². The van der Waals surface area contributed by atoms with Gasteiger partial charge in [-0.2, -0.15) is 13.2 Å².